The van der Waals surface area contributed by atoms with Gasteiger partial charge in [0.15, 0.2) is 0 Å². The van der Waals surface area contributed by atoms with Crippen molar-refractivity contribution in [2.24, 2.45) is 0 Å². The zero-order valence-electron chi connectivity index (χ0n) is 11.4. The van der Waals surface area contributed by atoms with E-state index in [4.69, 9.17) is 11.6 Å². The first-order valence-corrected chi connectivity index (χ1v) is 6.96. The number of halogens is 1. The van der Waals surface area contributed by atoms with Gasteiger partial charge in [0.1, 0.15) is 0 Å². The summed E-state index contributed by atoms with van der Waals surface area (Å²) in [5, 5.41) is 4.64. The summed E-state index contributed by atoms with van der Waals surface area (Å²) < 4.78 is 2.09. The van der Waals surface area contributed by atoms with E-state index in [-0.39, 0.29) is 0 Å². The van der Waals surface area contributed by atoms with E-state index in [0.29, 0.717) is 18.0 Å². The molecule has 98 valence electrons. The molecule has 0 spiro atoms. The van der Waals surface area contributed by atoms with Crippen molar-refractivity contribution in [1.29, 1.82) is 0 Å². The lowest BCUT2D eigenvalue weighted by molar-refractivity contribution is 0.263. The third-order valence-electron chi connectivity index (χ3n) is 3.37. The van der Waals surface area contributed by atoms with Gasteiger partial charge in [-0.1, -0.05) is 13.8 Å². The second-order valence-electron chi connectivity index (χ2n) is 4.68. The van der Waals surface area contributed by atoms with Crippen LogP contribution in [-0.4, -0.2) is 33.6 Å². The van der Waals surface area contributed by atoms with Gasteiger partial charge in [0.2, 0.25) is 0 Å². The van der Waals surface area contributed by atoms with Gasteiger partial charge >= 0.3 is 0 Å². The van der Waals surface area contributed by atoms with Crippen LogP contribution >= 0.6 is 11.6 Å². The molecule has 0 saturated heterocycles. The lowest BCUT2D eigenvalue weighted by Gasteiger charge is -2.21. The molecule has 0 amide bonds. The Morgan fingerprint density at radius 1 is 1.41 bits per heavy atom. The lowest BCUT2D eigenvalue weighted by atomic mass is 10.2. The minimum absolute atomic E-state index is 0.384. The molecule has 0 bridgehead atoms. The number of nitrogens with zero attached hydrogens (tertiary/aromatic N) is 3. The van der Waals surface area contributed by atoms with Crippen LogP contribution in [0.2, 0.25) is 0 Å². The molecule has 3 nitrogen and oxygen atoms in total. The third-order valence-corrected chi connectivity index (χ3v) is 3.81. The summed E-state index contributed by atoms with van der Waals surface area (Å²) in [7, 11) is 2.09. The Morgan fingerprint density at radius 3 is 2.59 bits per heavy atom. The van der Waals surface area contributed by atoms with Crippen LogP contribution in [-0.2, 0) is 6.54 Å². The number of aromatic nitrogens is 2. The number of rotatable bonds is 7. The van der Waals surface area contributed by atoms with E-state index < -0.39 is 0 Å². The molecule has 0 radical (unpaired) electrons. The largest absolute Gasteiger partial charge is 0.297 e. The Labute approximate surface area is 110 Å². The maximum Gasteiger partial charge on any atom is 0.0764 e. The van der Waals surface area contributed by atoms with Crippen LogP contribution in [0, 0.1) is 0 Å². The first-order chi connectivity index (χ1) is 8.12. The summed E-state index contributed by atoms with van der Waals surface area (Å²) in [4.78, 5) is 2.23. The topological polar surface area (TPSA) is 21.1 Å². The highest BCUT2D eigenvalue weighted by Gasteiger charge is 2.12. The maximum absolute atomic E-state index is 5.85. The normalized spacial score (nSPS) is 13.6. The zero-order chi connectivity index (χ0) is 12.8. The van der Waals surface area contributed by atoms with Crippen LogP contribution in [0.15, 0.2) is 12.3 Å². The fourth-order valence-corrected chi connectivity index (χ4v) is 2.09. The van der Waals surface area contributed by atoms with E-state index >= 15 is 0 Å². The Hall–Kier alpha value is -0.540. The molecular formula is C13H24ClN3. The van der Waals surface area contributed by atoms with Crippen molar-refractivity contribution in [3.05, 3.63) is 18.0 Å². The molecule has 0 N–H and O–H groups in total. The van der Waals surface area contributed by atoms with Crippen molar-refractivity contribution < 1.29 is 0 Å². The van der Waals surface area contributed by atoms with Crippen molar-refractivity contribution in [3.8, 4) is 0 Å². The SMILES string of the molecule is CCC(CC)n1ccc(CN(C)C(C)CCl)n1. The second kappa shape index (κ2) is 7.02. The molecule has 1 heterocycles. The van der Waals surface area contributed by atoms with Gasteiger partial charge < -0.3 is 0 Å². The van der Waals surface area contributed by atoms with Gasteiger partial charge in [0.25, 0.3) is 0 Å². The van der Waals surface area contributed by atoms with Crippen LogP contribution in [0.25, 0.3) is 0 Å². The van der Waals surface area contributed by atoms with Crippen LogP contribution < -0.4 is 0 Å². The highest BCUT2D eigenvalue weighted by Crippen LogP contribution is 2.15. The van der Waals surface area contributed by atoms with Crippen LogP contribution in [0.1, 0.15) is 45.3 Å². The van der Waals surface area contributed by atoms with E-state index in [1.807, 2.05) is 0 Å². The number of hydrogen-bond acceptors (Lipinski definition) is 2. The molecule has 1 atom stereocenters. The summed E-state index contributed by atoms with van der Waals surface area (Å²) in [5.74, 6) is 0.657. The fraction of sp³-hybridized carbons (Fsp3) is 0.769. The minimum Gasteiger partial charge on any atom is -0.297 e. The summed E-state index contributed by atoms with van der Waals surface area (Å²) in [5.41, 5.74) is 1.12. The average Bonchev–Trinajstić information content (AvgIpc) is 2.78. The standard InChI is InChI=1S/C13H24ClN3/c1-5-13(6-2)17-8-7-12(15-17)10-16(4)11(3)9-14/h7-8,11,13H,5-6,9-10H2,1-4H3. The second-order valence-corrected chi connectivity index (χ2v) is 4.98. The third kappa shape index (κ3) is 4.00. The van der Waals surface area contributed by atoms with Gasteiger partial charge in [0.05, 0.1) is 11.7 Å². The summed E-state index contributed by atoms with van der Waals surface area (Å²) in [6.07, 6.45) is 4.35. The van der Waals surface area contributed by atoms with Gasteiger partial charge in [0, 0.05) is 24.7 Å². The Bertz CT molecular complexity index is 320. The Morgan fingerprint density at radius 2 is 2.06 bits per heavy atom. The van der Waals surface area contributed by atoms with Crippen molar-refractivity contribution in [1.82, 2.24) is 14.7 Å². The minimum atomic E-state index is 0.384. The fourth-order valence-electron chi connectivity index (χ4n) is 1.86. The first-order valence-electron chi connectivity index (χ1n) is 6.42. The summed E-state index contributed by atoms with van der Waals surface area (Å²) in [6.45, 7) is 7.40. The quantitative estimate of drug-likeness (QED) is 0.699. The van der Waals surface area contributed by atoms with Crippen molar-refractivity contribution >= 4 is 11.6 Å². The van der Waals surface area contributed by atoms with Crippen molar-refractivity contribution in [3.63, 3.8) is 0 Å². The molecule has 0 aliphatic heterocycles. The molecule has 4 heteroatoms. The molecule has 1 rings (SSSR count). The smallest absolute Gasteiger partial charge is 0.0764 e. The first kappa shape index (κ1) is 14.5. The van der Waals surface area contributed by atoms with Gasteiger partial charge in [-0.15, -0.1) is 11.6 Å². The molecule has 0 aliphatic rings. The van der Waals surface area contributed by atoms with Gasteiger partial charge in [-0.3, -0.25) is 9.58 Å². The number of alkyl halides is 1. The highest BCUT2D eigenvalue weighted by molar-refractivity contribution is 6.18. The van der Waals surface area contributed by atoms with E-state index in [9.17, 15) is 0 Å². The summed E-state index contributed by atoms with van der Waals surface area (Å²) in [6, 6.07) is 3.02. The molecule has 1 unspecified atom stereocenters. The molecular weight excluding hydrogens is 234 g/mol. The van der Waals surface area contributed by atoms with Crippen molar-refractivity contribution in [2.75, 3.05) is 12.9 Å². The predicted molar refractivity (Wildman–Crippen MR) is 73.5 cm³/mol. The summed E-state index contributed by atoms with van der Waals surface area (Å²) >= 11 is 5.85. The predicted octanol–water partition coefficient (Wildman–Crippen LogP) is 3.30. The Balaban J connectivity index is 2.62. The molecule has 0 aromatic carbocycles. The molecule has 0 aliphatic carbocycles. The van der Waals surface area contributed by atoms with E-state index in [1.165, 1.54) is 0 Å². The van der Waals surface area contributed by atoms with Gasteiger partial charge in [-0.25, -0.2) is 0 Å². The van der Waals surface area contributed by atoms with Gasteiger partial charge in [-0.2, -0.15) is 5.10 Å². The monoisotopic (exact) mass is 257 g/mol. The maximum atomic E-state index is 5.85. The molecule has 17 heavy (non-hydrogen) atoms. The molecule has 1 aromatic heterocycles. The van der Waals surface area contributed by atoms with Crippen LogP contribution in [0.3, 0.4) is 0 Å². The van der Waals surface area contributed by atoms with E-state index in [1.54, 1.807) is 0 Å². The van der Waals surface area contributed by atoms with E-state index in [2.05, 4.69) is 54.8 Å². The van der Waals surface area contributed by atoms with Gasteiger partial charge in [-0.05, 0) is 32.9 Å². The zero-order valence-corrected chi connectivity index (χ0v) is 12.1. The highest BCUT2D eigenvalue weighted by atomic mass is 35.5. The van der Waals surface area contributed by atoms with Crippen LogP contribution in [0.4, 0.5) is 0 Å². The number of hydrogen-bond donors (Lipinski definition) is 0. The van der Waals surface area contributed by atoms with E-state index in [0.717, 1.165) is 25.1 Å². The lowest BCUT2D eigenvalue weighted by Crippen LogP contribution is -2.30. The Kier molecular flexibility index (Phi) is 6.00. The van der Waals surface area contributed by atoms with Crippen molar-refractivity contribution in [2.45, 2.75) is 52.2 Å². The van der Waals surface area contributed by atoms with Crippen LogP contribution in [0.5, 0.6) is 0 Å². The molecule has 1 aromatic rings. The molecule has 0 saturated carbocycles. The average molecular weight is 258 g/mol. The molecule has 0 fully saturated rings.